The van der Waals surface area contributed by atoms with Gasteiger partial charge in [-0.05, 0) is 45.1 Å². The highest BCUT2D eigenvalue weighted by Crippen LogP contribution is 2.26. The number of ketones is 1. The first-order valence-electron chi connectivity index (χ1n) is 6.01. The van der Waals surface area contributed by atoms with Crippen molar-refractivity contribution in [1.82, 2.24) is 0 Å². The summed E-state index contributed by atoms with van der Waals surface area (Å²) >= 11 is 0. The summed E-state index contributed by atoms with van der Waals surface area (Å²) in [5.74, 6) is 1.22. The van der Waals surface area contributed by atoms with Gasteiger partial charge in [-0.2, -0.15) is 0 Å². The van der Waals surface area contributed by atoms with Crippen LogP contribution in [-0.2, 0) is 4.79 Å². The molecule has 2 atom stereocenters. The van der Waals surface area contributed by atoms with Crippen molar-refractivity contribution in [2.75, 3.05) is 0 Å². The number of allylic oxidation sites excluding steroid dienone is 6. The van der Waals surface area contributed by atoms with E-state index in [1.165, 1.54) is 5.57 Å². The average molecular weight is 218 g/mol. The van der Waals surface area contributed by atoms with Crippen LogP contribution >= 0.6 is 0 Å². The van der Waals surface area contributed by atoms with Gasteiger partial charge in [-0.3, -0.25) is 4.79 Å². The summed E-state index contributed by atoms with van der Waals surface area (Å²) in [6.45, 7) is 8.22. The van der Waals surface area contributed by atoms with Crippen LogP contribution in [0.2, 0.25) is 0 Å². The van der Waals surface area contributed by atoms with Gasteiger partial charge in [0, 0.05) is 6.42 Å². The number of hydrogen-bond donors (Lipinski definition) is 0. The summed E-state index contributed by atoms with van der Waals surface area (Å²) in [5, 5.41) is 0. The van der Waals surface area contributed by atoms with Crippen molar-refractivity contribution in [2.45, 2.75) is 40.5 Å². The van der Waals surface area contributed by atoms with E-state index in [9.17, 15) is 4.79 Å². The molecule has 0 radical (unpaired) electrons. The fourth-order valence-electron chi connectivity index (χ4n) is 2.02. The van der Waals surface area contributed by atoms with E-state index >= 15 is 0 Å². The molecule has 1 aliphatic carbocycles. The summed E-state index contributed by atoms with van der Waals surface area (Å²) in [6, 6.07) is 0. The third kappa shape index (κ3) is 4.18. The summed E-state index contributed by atoms with van der Waals surface area (Å²) in [6.07, 6.45) is 10.2. The van der Waals surface area contributed by atoms with Crippen molar-refractivity contribution in [3.8, 4) is 0 Å². The van der Waals surface area contributed by atoms with Crippen LogP contribution in [0.25, 0.3) is 0 Å². The number of hydrogen-bond acceptors (Lipinski definition) is 1. The molecular weight excluding hydrogens is 196 g/mol. The first kappa shape index (κ1) is 13.0. The molecule has 0 aromatic rings. The SMILES string of the molecule is CC(C)=CC(=O)C[C@H](C)[C@H]1C=CC(C)=CC1. The third-order valence-electron chi connectivity index (χ3n) is 3.02. The number of carbonyl (C=O) groups excluding carboxylic acids is 1. The summed E-state index contributed by atoms with van der Waals surface area (Å²) < 4.78 is 0. The topological polar surface area (TPSA) is 17.1 Å². The molecule has 0 aliphatic heterocycles. The highest BCUT2D eigenvalue weighted by molar-refractivity contribution is 5.90. The van der Waals surface area contributed by atoms with Gasteiger partial charge in [0.1, 0.15) is 0 Å². The molecule has 0 spiro atoms. The van der Waals surface area contributed by atoms with Crippen LogP contribution in [0, 0.1) is 11.8 Å². The van der Waals surface area contributed by atoms with E-state index in [0.29, 0.717) is 18.3 Å². The Morgan fingerprint density at radius 1 is 1.56 bits per heavy atom. The minimum absolute atomic E-state index is 0.257. The second kappa shape index (κ2) is 5.83. The lowest BCUT2D eigenvalue weighted by Crippen LogP contribution is -2.14. The van der Waals surface area contributed by atoms with Gasteiger partial charge < -0.3 is 0 Å². The van der Waals surface area contributed by atoms with E-state index < -0.39 is 0 Å². The van der Waals surface area contributed by atoms with Crippen LogP contribution < -0.4 is 0 Å². The van der Waals surface area contributed by atoms with Gasteiger partial charge in [0.2, 0.25) is 0 Å². The predicted molar refractivity (Wildman–Crippen MR) is 69.2 cm³/mol. The van der Waals surface area contributed by atoms with Crippen molar-refractivity contribution in [3.63, 3.8) is 0 Å². The monoisotopic (exact) mass is 218 g/mol. The van der Waals surface area contributed by atoms with Crippen LogP contribution in [0.5, 0.6) is 0 Å². The molecule has 0 fully saturated rings. The Bertz CT molecular complexity index is 340. The average Bonchev–Trinajstić information content (AvgIpc) is 2.16. The number of rotatable bonds is 4. The minimum atomic E-state index is 0.257. The van der Waals surface area contributed by atoms with Crippen molar-refractivity contribution in [1.29, 1.82) is 0 Å². The molecule has 0 aromatic heterocycles. The standard InChI is InChI=1S/C15H22O/c1-11(2)9-15(16)10-13(4)14-7-5-12(3)6-8-14/h5-7,9,13-14H,8,10H2,1-4H3/t13-,14-/m0/s1. The molecule has 0 bridgehead atoms. The van der Waals surface area contributed by atoms with E-state index in [0.717, 1.165) is 12.0 Å². The Morgan fingerprint density at radius 2 is 2.25 bits per heavy atom. The van der Waals surface area contributed by atoms with Gasteiger partial charge in [0.15, 0.2) is 5.78 Å². The van der Waals surface area contributed by atoms with Gasteiger partial charge in [-0.1, -0.05) is 36.3 Å². The Morgan fingerprint density at radius 3 is 2.75 bits per heavy atom. The van der Waals surface area contributed by atoms with Gasteiger partial charge in [-0.15, -0.1) is 0 Å². The second-order valence-electron chi connectivity index (χ2n) is 5.08. The highest BCUT2D eigenvalue weighted by Gasteiger charge is 2.17. The fraction of sp³-hybridized carbons (Fsp3) is 0.533. The molecule has 0 saturated heterocycles. The van der Waals surface area contributed by atoms with E-state index in [1.807, 2.05) is 13.8 Å². The van der Waals surface area contributed by atoms with E-state index in [-0.39, 0.29) is 5.78 Å². The zero-order valence-electron chi connectivity index (χ0n) is 10.8. The zero-order chi connectivity index (χ0) is 12.1. The summed E-state index contributed by atoms with van der Waals surface area (Å²) in [5.41, 5.74) is 2.42. The highest BCUT2D eigenvalue weighted by atomic mass is 16.1. The Balaban J connectivity index is 2.48. The smallest absolute Gasteiger partial charge is 0.155 e. The third-order valence-corrected chi connectivity index (χ3v) is 3.02. The molecular formula is C15H22O. The van der Waals surface area contributed by atoms with E-state index in [4.69, 9.17) is 0 Å². The van der Waals surface area contributed by atoms with Crippen LogP contribution in [0.1, 0.15) is 40.5 Å². The zero-order valence-corrected chi connectivity index (χ0v) is 10.8. The van der Waals surface area contributed by atoms with Crippen LogP contribution in [0.3, 0.4) is 0 Å². The Hall–Kier alpha value is -1.11. The van der Waals surface area contributed by atoms with Crippen molar-refractivity contribution < 1.29 is 4.79 Å². The molecule has 0 unspecified atom stereocenters. The Kier molecular flexibility index (Phi) is 4.72. The first-order valence-corrected chi connectivity index (χ1v) is 6.01. The maximum Gasteiger partial charge on any atom is 0.155 e. The van der Waals surface area contributed by atoms with Crippen molar-refractivity contribution in [3.05, 3.63) is 35.5 Å². The van der Waals surface area contributed by atoms with Crippen LogP contribution in [0.4, 0.5) is 0 Å². The molecule has 1 aliphatic rings. The predicted octanol–water partition coefficient (Wildman–Crippen LogP) is 4.07. The quantitative estimate of drug-likeness (QED) is 0.650. The lowest BCUT2D eigenvalue weighted by molar-refractivity contribution is -0.115. The molecule has 0 saturated carbocycles. The van der Waals surface area contributed by atoms with Gasteiger partial charge in [0.05, 0.1) is 0 Å². The molecule has 88 valence electrons. The normalized spacial score (nSPS) is 21.2. The maximum absolute atomic E-state index is 11.7. The molecule has 1 heteroatoms. The van der Waals surface area contributed by atoms with Crippen molar-refractivity contribution >= 4 is 5.78 Å². The van der Waals surface area contributed by atoms with Gasteiger partial charge in [-0.25, -0.2) is 0 Å². The summed E-state index contributed by atoms with van der Waals surface area (Å²) in [4.78, 5) is 11.7. The Labute approximate surface area is 98.9 Å². The van der Waals surface area contributed by atoms with E-state index in [2.05, 4.69) is 32.1 Å². The summed E-state index contributed by atoms with van der Waals surface area (Å²) in [7, 11) is 0. The molecule has 0 heterocycles. The molecule has 0 aromatic carbocycles. The van der Waals surface area contributed by atoms with Gasteiger partial charge >= 0.3 is 0 Å². The van der Waals surface area contributed by atoms with Crippen molar-refractivity contribution in [2.24, 2.45) is 11.8 Å². The lowest BCUT2D eigenvalue weighted by Gasteiger charge is -2.21. The van der Waals surface area contributed by atoms with E-state index in [1.54, 1.807) is 6.08 Å². The lowest BCUT2D eigenvalue weighted by atomic mass is 9.84. The molecule has 0 N–H and O–H groups in total. The molecule has 1 nitrogen and oxygen atoms in total. The molecule has 1 rings (SSSR count). The van der Waals surface area contributed by atoms with Crippen LogP contribution in [-0.4, -0.2) is 5.78 Å². The maximum atomic E-state index is 11.7. The largest absolute Gasteiger partial charge is 0.295 e. The van der Waals surface area contributed by atoms with Crippen LogP contribution in [0.15, 0.2) is 35.5 Å². The molecule has 0 amide bonds. The molecule has 16 heavy (non-hydrogen) atoms. The fourth-order valence-corrected chi connectivity index (χ4v) is 2.02. The minimum Gasteiger partial charge on any atom is -0.295 e. The number of carbonyl (C=O) groups is 1. The van der Waals surface area contributed by atoms with Gasteiger partial charge in [0.25, 0.3) is 0 Å². The first-order chi connectivity index (χ1) is 7.49. The second-order valence-corrected chi connectivity index (χ2v) is 5.08.